The van der Waals surface area contributed by atoms with Gasteiger partial charge < -0.3 is 0 Å². The van der Waals surface area contributed by atoms with Crippen LogP contribution in [0.4, 0.5) is 0 Å². The lowest BCUT2D eigenvalue weighted by atomic mass is 9.98. The second kappa shape index (κ2) is 6.69. The highest BCUT2D eigenvalue weighted by Gasteiger charge is 2.12. The third-order valence-corrected chi connectivity index (χ3v) is 4.15. The summed E-state index contributed by atoms with van der Waals surface area (Å²) in [4.78, 5) is 1.64. The lowest BCUT2D eigenvalue weighted by Crippen LogP contribution is -2.03. The number of tetrazole rings is 1. The molecule has 0 spiro atoms. The number of aryl methyl sites for hydroxylation is 1. The van der Waals surface area contributed by atoms with Gasteiger partial charge in [-0.05, 0) is 28.8 Å². The molecule has 0 N–H and O–H groups in total. The van der Waals surface area contributed by atoms with Crippen molar-refractivity contribution in [3.05, 3.63) is 90.0 Å². The fraction of sp³-hybridized carbons (Fsp3) is 0.0952. The van der Waals surface area contributed by atoms with Crippen LogP contribution < -0.4 is 0 Å². The van der Waals surface area contributed by atoms with Gasteiger partial charge in [0.1, 0.15) is 0 Å². The fourth-order valence-electron chi connectivity index (χ4n) is 2.83. The average Bonchev–Trinajstić information content (AvgIpc) is 3.12. The molecule has 122 valence electrons. The van der Waals surface area contributed by atoms with Crippen LogP contribution in [0.2, 0.25) is 0 Å². The Morgan fingerprint density at radius 2 is 1.44 bits per heavy atom. The normalized spacial score (nSPS) is 10.8. The number of aromatic nitrogens is 4. The maximum Gasteiger partial charge on any atom is 0.205 e. The maximum absolute atomic E-state index is 4.57. The molecule has 0 radical (unpaired) electrons. The van der Waals surface area contributed by atoms with E-state index in [4.69, 9.17) is 0 Å². The summed E-state index contributed by atoms with van der Waals surface area (Å²) in [6, 6.07) is 26.8. The highest BCUT2D eigenvalue weighted by Crippen LogP contribution is 2.29. The molecule has 4 heteroatoms. The Morgan fingerprint density at radius 1 is 0.760 bits per heavy atom. The minimum absolute atomic E-state index is 0.612. The van der Waals surface area contributed by atoms with Crippen LogP contribution in [0.1, 0.15) is 11.1 Å². The molecular weight excluding hydrogens is 308 g/mol. The predicted octanol–water partition coefficient (Wildman–Crippen LogP) is 4.36. The first-order valence-corrected chi connectivity index (χ1v) is 8.28. The van der Waals surface area contributed by atoms with Crippen LogP contribution in [-0.4, -0.2) is 20.2 Å². The van der Waals surface area contributed by atoms with Crippen LogP contribution in [-0.2, 0) is 6.54 Å². The van der Waals surface area contributed by atoms with E-state index in [1.165, 1.54) is 5.56 Å². The van der Waals surface area contributed by atoms with E-state index in [0.717, 1.165) is 22.3 Å². The van der Waals surface area contributed by atoms with E-state index in [0.29, 0.717) is 12.4 Å². The summed E-state index contributed by atoms with van der Waals surface area (Å²) in [6.07, 6.45) is 0. The van der Waals surface area contributed by atoms with Crippen LogP contribution in [0.15, 0.2) is 78.9 Å². The van der Waals surface area contributed by atoms with Gasteiger partial charge >= 0.3 is 0 Å². The highest BCUT2D eigenvalue weighted by molar-refractivity contribution is 5.80. The zero-order valence-electron chi connectivity index (χ0n) is 14.0. The smallest absolute Gasteiger partial charge is 0.159 e. The van der Waals surface area contributed by atoms with Crippen molar-refractivity contribution in [1.29, 1.82) is 0 Å². The first-order chi connectivity index (χ1) is 12.3. The third kappa shape index (κ3) is 3.33. The summed E-state index contributed by atoms with van der Waals surface area (Å²) in [7, 11) is 0. The molecule has 0 saturated heterocycles. The minimum Gasteiger partial charge on any atom is -0.159 e. The molecule has 4 aromatic rings. The molecule has 25 heavy (non-hydrogen) atoms. The highest BCUT2D eigenvalue weighted by atomic mass is 15.6. The number of benzene rings is 3. The van der Waals surface area contributed by atoms with Crippen molar-refractivity contribution in [2.24, 2.45) is 0 Å². The van der Waals surface area contributed by atoms with Gasteiger partial charge in [0.2, 0.25) is 5.82 Å². The van der Waals surface area contributed by atoms with Gasteiger partial charge in [-0.15, -0.1) is 10.2 Å². The Kier molecular flexibility index (Phi) is 4.09. The third-order valence-electron chi connectivity index (χ3n) is 4.15. The van der Waals surface area contributed by atoms with E-state index < -0.39 is 0 Å². The van der Waals surface area contributed by atoms with Gasteiger partial charge in [0.25, 0.3) is 0 Å². The summed E-state index contributed by atoms with van der Waals surface area (Å²) in [6.45, 7) is 2.70. The van der Waals surface area contributed by atoms with E-state index in [-0.39, 0.29) is 0 Å². The van der Waals surface area contributed by atoms with E-state index in [2.05, 4.69) is 64.8 Å². The SMILES string of the molecule is Cc1ccc(-c2ccccc2-c2nnn(Cc3ccccc3)n2)cc1. The van der Waals surface area contributed by atoms with E-state index in [9.17, 15) is 0 Å². The fourth-order valence-corrected chi connectivity index (χ4v) is 2.83. The van der Waals surface area contributed by atoms with Gasteiger partial charge in [-0.3, -0.25) is 0 Å². The van der Waals surface area contributed by atoms with Crippen LogP contribution in [0.5, 0.6) is 0 Å². The Morgan fingerprint density at radius 3 is 2.20 bits per heavy atom. The molecule has 1 heterocycles. The average molecular weight is 326 g/mol. The molecule has 0 atom stereocenters. The lowest BCUT2D eigenvalue weighted by Gasteiger charge is -2.07. The molecule has 0 amide bonds. The van der Waals surface area contributed by atoms with Crippen molar-refractivity contribution in [3.8, 4) is 22.5 Å². The summed E-state index contributed by atoms with van der Waals surface area (Å²) in [5.74, 6) is 0.645. The van der Waals surface area contributed by atoms with Gasteiger partial charge in [-0.1, -0.05) is 84.4 Å². The van der Waals surface area contributed by atoms with Gasteiger partial charge in [-0.25, -0.2) is 0 Å². The van der Waals surface area contributed by atoms with Crippen molar-refractivity contribution in [2.45, 2.75) is 13.5 Å². The summed E-state index contributed by atoms with van der Waals surface area (Å²) >= 11 is 0. The van der Waals surface area contributed by atoms with Gasteiger partial charge in [0.05, 0.1) is 6.54 Å². The molecular formula is C21H18N4. The van der Waals surface area contributed by atoms with E-state index in [1.807, 2.05) is 36.4 Å². The Labute approximate surface area is 146 Å². The Balaban J connectivity index is 1.68. The molecule has 0 aliphatic heterocycles. The molecule has 0 aliphatic rings. The zero-order valence-corrected chi connectivity index (χ0v) is 14.0. The molecule has 3 aromatic carbocycles. The second-order valence-corrected chi connectivity index (χ2v) is 6.04. The van der Waals surface area contributed by atoms with Crippen molar-refractivity contribution in [3.63, 3.8) is 0 Å². The largest absolute Gasteiger partial charge is 0.205 e. The van der Waals surface area contributed by atoms with Gasteiger partial charge in [0.15, 0.2) is 0 Å². The quantitative estimate of drug-likeness (QED) is 0.559. The van der Waals surface area contributed by atoms with Crippen LogP contribution in [0.25, 0.3) is 22.5 Å². The van der Waals surface area contributed by atoms with Crippen molar-refractivity contribution in [1.82, 2.24) is 20.2 Å². The molecule has 0 unspecified atom stereocenters. The van der Waals surface area contributed by atoms with Crippen molar-refractivity contribution >= 4 is 0 Å². The van der Waals surface area contributed by atoms with E-state index in [1.54, 1.807) is 4.80 Å². The molecule has 0 fully saturated rings. The molecule has 4 rings (SSSR count). The Bertz CT molecular complexity index is 972. The van der Waals surface area contributed by atoms with Crippen LogP contribution in [0, 0.1) is 6.92 Å². The first kappa shape index (κ1) is 15.3. The first-order valence-electron chi connectivity index (χ1n) is 8.28. The van der Waals surface area contributed by atoms with Crippen LogP contribution >= 0.6 is 0 Å². The van der Waals surface area contributed by atoms with Gasteiger partial charge in [-0.2, -0.15) is 4.80 Å². The molecule has 1 aromatic heterocycles. The molecule has 0 saturated carbocycles. The maximum atomic E-state index is 4.57. The topological polar surface area (TPSA) is 43.6 Å². The number of hydrogen-bond donors (Lipinski definition) is 0. The molecule has 0 aliphatic carbocycles. The van der Waals surface area contributed by atoms with Crippen molar-refractivity contribution < 1.29 is 0 Å². The molecule has 4 nitrogen and oxygen atoms in total. The van der Waals surface area contributed by atoms with Crippen molar-refractivity contribution in [2.75, 3.05) is 0 Å². The summed E-state index contributed by atoms with van der Waals surface area (Å²) < 4.78 is 0. The molecule has 0 bridgehead atoms. The second-order valence-electron chi connectivity index (χ2n) is 6.04. The Hall–Kier alpha value is -3.27. The van der Waals surface area contributed by atoms with Crippen LogP contribution in [0.3, 0.4) is 0 Å². The van der Waals surface area contributed by atoms with Gasteiger partial charge in [0, 0.05) is 5.56 Å². The monoisotopic (exact) mass is 326 g/mol. The standard InChI is InChI=1S/C21H18N4/c1-16-11-13-18(14-12-16)19-9-5-6-10-20(19)21-22-24-25(23-21)15-17-7-3-2-4-8-17/h2-14H,15H2,1H3. The number of hydrogen-bond acceptors (Lipinski definition) is 3. The lowest BCUT2D eigenvalue weighted by molar-refractivity contribution is 0.573. The zero-order chi connectivity index (χ0) is 17.1. The summed E-state index contributed by atoms with van der Waals surface area (Å²) in [5.41, 5.74) is 5.65. The minimum atomic E-state index is 0.612. The van der Waals surface area contributed by atoms with E-state index >= 15 is 0 Å². The number of nitrogens with zero attached hydrogens (tertiary/aromatic N) is 4. The summed E-state index contributed by atoms with van der Waals surface area (Å²) in [5, 5.41) is 13.1. The number of rotatable bonds is 4. The predicted molar refractivity (Wildman–Crippen MR) is 99.0 cm³/mol.